The first-order valence-corrected chi connectivity index (χ1v) is 13.0. The van der Waals surface area contributed by atoms with E-state index in [2.05, 4.69) is 9.88 Å². The van der Waals surface area contributed by atoms with Crippen LogP contribution in [-0.4, -0.2) is 46.8 Å². The molecule has 6 nitrogen and oxygen atoms in total. The van der Waals surface area contributed by atoms with Crippen molar-refractivity contribution >= 4 is 17.3 Å². The molecule has 0 spiro atoms. The first-order chi connectivity index (χ1) is 17.8. The van der Waals surface area contributed by atoms with Gasteiger partial charge in [-0.05, 0) is 63.4 Å². The van der Waals surface area contributed by atoms with Gasteiger partial charge >= 0.3 is 12.1 Å². The van der Waals surface area contributed by atoms with Gasteiger partial charge in [0.05, 0.1) is 11.3 Å². The van der Waals surface area contributed by atoms with E-state index in [0.717, 1.165) is 46.8 Å². The molecule has 0 amide bonds. The maximum atomic E-state index is 12.9. The van der Waals surface area contributed by atoms with Gasteiger partial charge < -0.3 is 14.6 Å². The van der Waals surface area contributed by atoms with Crippen LogP contribution in [0.3, 0.4) is 0 Å². The number of thiazole rings is 1. The number of aryl methyl sites for hydroxylation is 1. The summed E-state index contributed by atoms with van der Waals surface area (Å²) >= 11 is 1.47. The van der Waals surface area contributed by atoms with Gasteiger partial charge in [0, 0.05) is 43.8 Å². The first kappa shape index (κ1) is 29.6. The maximum Gasteiger partial charge on any atom is 0.416 e. The van der Waals surface area contributed by atoms with Gasteiger partial charge in [-0.1, -0.05) is 24.3 Å². The van der Waals surface area contributed by atoms with E-state index in [9.17, 15) is 23.1 Å². The van der Waals surface area contributed by atoms with Crippen molar-refractivity contribution in [2.24, 2.45) is 0 Å². The Kier molecular flexibility index (Phi) is 9.56. The molecule has 0 fully saturated rings. The number of methoxy groups -OCH3 is 1. The Hall–Kier alpha value is -2.95. The smallest absolute Gasteiger partial charge is 0.416 e. The number of alkyl halides is 3. The molecule has 0 bridgehead atoms. The van der Waals surface area contributed by atoms with Crippen molar-refractivity contribution in [2.45, 2.75) is 59.0 Å². The van der Waals surface area contributed by atoms with Gasteiger partial charge in [0.1, 0.15) is 10.8 Å². The summed E-state index contributed by atoms with van der Waals surface area (Å²) in [4.78, 5) is 19.5. The predicted octanol–water partition coefficient (Wildman–Crippen LogP) is 6.73. The van der Waals surface area contributed by atoms with Crippen LogP contribution in [0.25, 0.3) is 10.6 Å². The van der Waals surface area contributed by atoms with E-state index in [-0.39, 0.29) is 0 Å². The number of benzene rings is 2. The van der Waals surface area contributed by atoms with Crippen LogP contribution in [-0.2, 0) is 28.8 Å². The van der Waals surface area contributed by atoms with Crippen LogP contribution in [0.2, 0.25) is 0 Å². The van der Waals surface area contributed by atoms with Crippen LogP contribution >= 0.6 is 11.3 Å². The monoisotopic (exact) mass is 550 g/mol. The summed E-state index contributed by atoms with van der Waals surface area (Å²) in [5.41, 5.74) is 1.29. The first-order valence-electron chi connectivity index (χ1n) is 12.2. The molecule has 0 atom stereocenters. The molecule has 38 heavy (non-hydrogen) atoms. The lowest BCUT2D eigenvalue weighted by Gasteiger charge is -2.26. The van der Waals surface area contributed by atoms with Gasteiger partial charge in [-0.3, -0.25) is 4.90 Å². The van der Waals surface area contributed by atoms with Crippen molar-refractivity contribution in [3.05, 3.63) is 69.7 Å². The van der Waals surface area contributed by atoms with Crippen LogP contribution in [0.5, 0.6) is 5.75 Å². The number of carboxylic acids is 1. The molecule has 1 heterocycles. The van der Waals surface area contributed by atoms with E-state index in [0.29, 0.717) is 36.0 Å². The average Bonchev–Trinajstić information content (AvgIpc) is 3.21. The fourth-order valence-corrected chi connectivity index (χ4v) is 4.96. The lowest BCUT2D eigenvalue weighted by atomic mass is 10.1. The summed E-state index contributed by atoms with van der Waals surface area (Å²) in [6, 6.07) is 10.7. The number of halogens is 3. The molecule has 0 aliphatic rings. The third-order valence-corrected chi connectivity index (χ3v) is 7.40. The van der Waals surface area contributed by atoms with Crippen LogP contribution in [0.4, 0.5) is 13.2 Å². The minimum absolute atomic E-state index is 0.519. The molecule has 3 aromatic rings. The number of aliphatic carboxylic acids is 1. The zero-order chi connectivity index (χ0) is 28.1. The summed E-state index contributed by atoms with van der Waals surface area (Å²) in [6.45, 7) is 9.37. The zero-order valence-corrected chi connectivity index (χ0v) is 23.0. The Labute approximate surface area is 225 Å². The number of nitrogens with zero attached hydrogens (tertiary/aromatic N) is 2. The van der Waals surface area contributed by atoms with E-state index in [1.807, 2.05) is 26.0 Å². The number of carboxylic acid groups (broad SMARTS) is 1. The number of rotatable bonds is 12. The minimum atomic E-state index is -4.38. The molecular formula is C28H33F3N2O4S. The molecule has 206 valence electrons. The van der Waals surface area contributed by atoms with Crippen molar-refractivity contribution in [3.63, 3.8) is 0 Å². The van der Waals surface area contributed by atoms with E-state index in [1.165, 1.54) is 37.3 Å². The van der Waals surface area contributed by atoms with Gasteiger partial charge in [-0.2, -0.15) is 13.2 Å². The largest absolute Gasteiger partial charge is 0.478 e. The van der Waals surface area contributed by atoms with E-state index in [4.69, 9.17) is 9.47 Å². The van der Waals surface area contributed by atoms with Gasteiger partial charge in [0.2, 0.25) is 0 Å². The average molecular weight is 551 g/mol. The summed E-state index contributed by atoms with van der Waals surface area (Å²) in [6.07, 6.45) is -3.57. The van der Waals surface area contributed by atoms with Crippen LogP contribution < -0.4 is 4.74 Å². The van der Waals surface area contributed by atoms with Crippen molar-refractivity contribution < 1.29 is 32.5 Å². The highest BCUT2D eigenvalue weighted by Gasteiger charge is 2.31. The highest BCUT2D eigenvalue weighted by Crippen LogP contribution is 2.34. The van der Waals surface area contributed by atoms with E-state index in [1.54, 1.807) is 13.2 Å². The lowest BCUT2D eigenvalue weighted by Crippen LogP contribution is -2.38. The third kappa shape index (κ3) is 7.55. The highest BCUT2D eigenvalue weighted by atomic mass is 32.1. The van der Waals surface area contributed by atoms with Gasteiger partial charge in [-0.25, -0.2) is 9.78 Å². The van der Waals surface area contributed by atoms with Crippen molar-refractivity contribution in [3.8, 4) is 16.3 Å². The topological polar surface area (TPSA) is 71.9 Å². The summed E-state index contributed by atoms with van der Waals surface area (Å²) < 4.78 is 49.9. The summed E-state index contributed by atoms with van der Waals surface area (Å²) in [5.74, 6) is -0.529. The Bertz CT molecular complexity index is 1240. The van der Waals surface area contributed by atoms with E-state index < -0.39 is 23.3 Å². The second kappa shape index (κ2) is 12.3. The zero-order valence-electron chi connectivity index (χ0n) is 22.2. The van der Waals surface area contributed by atoms with E-state index >= 15 is 0 Å². The predicted molar refractivity (Wildman–Crippen MR) is 141 cm³/mol. The van der Waals surface area contributed by atoms with Crippen molar-refractivity contribution in [2.75, 3.05) is 20.3 Å². The van der Waals surface area contributed by atoms with Crippen LogP contribution in [0, 0.1) is 13.8 Å². The van der Waals surface area contributed by atoms with Gasteiger partial charge in [0.15, 0.2) is 5.60 Å². The highest BCUT2D eigenvalue weighted by molar-refractivity contribution is 7.15. The maximum absolute atomic E-state index is 12.9. The fraction of sp³-hybridized carbons (Fsp3) is 0.429. The standard InChI is InChI=1S/C28H33F3N2O4S/c1-18-21(8-6-9-23(18)37-27(3,4)26(34)35)16-33(14-7-15-36-5)17-24-19(2)32-25(38-24)20-10-12-22(13-11-20)28(29,30)31/h6,8-13H,7,14-17H2,1-5H3,(H,34,35). The molecule has 0 saturated carbocycles. The van der Waals surface area contributed by atoms with Crippen molar-refractivity contribution in [1.29, 1.82) is 0 Å². The number of hydrogen-bond donors (Lipinski definition) is 1. The number of carbonyl (C=O) groups is 1. The molecule has 1 N–H and O–H groups in total. The second-order valence-electron chi connectivity index (χ2n) is 9.62. The molecular weight excluding hydrogens is 517 g/mol. The molecule has 0 unspecified atom stereocenters. The van der Waals surface area contributed by atoms with Crippen LogP contribution in [0.15, 0.2) is 42.5 Å². The number of aromatic nitrogens is 1. The fourth-order valence-electron chi connectivity index (χ4n) is 3.85. The second-order valence-corrected chi connectivity index (χ2v) is 10.7. The molecule has 0 saturated heterocycles. The SMILES string of the molecule is COCCCN(Cc1cccc(OC(C)(C)C(=O)O)c1C)Cc1sc(-c2ccc(C(F)(F)F)cc2)nc1C. The molecule has 10 heteroatoms. The Morgan fingerprint density at radius 3 is 2.37 bits per heavy atom. The molecule has 0 aliphatic heterocycles. The summed E-state index contributed by atoms with van der Waals surface area (Å²) in [7, 11) is 1.66. The lowest BCUT2D eigenvalue weighted by molar-refractivity contribution is -0.152. The van der Waals surface area contributed by atoms with Gasteiger partial charge in [-0.15, -0.1) is 11.3 Å². The molecule has 0 aliphatic carbocycles. The molecule has 2 aromatic carbocycles. The normalized spacial score (nSPS) is 12.2. The Morgan fingerprint density at radius 2 is 1.76 bits per heavy atom. The van der Waals surface area contributed by atoms with Gasteiger partial charge in [0.25, 0.3) is 0 Å². The summed E-state index contributed by atoms with van der Waals surface area (Å²) in [5, 5.41) is 10.1. The van der Waals surface area contributed by atoms with Crippen molar-refractivity contribution in [1.82, 2.24) is 9.88 Å². The number of ether oxygens (including phenoxy) is 2. The quantitative estimate of drug-likeness (QED) is 0.252. The minimum Gasteiger partial charge on any atom is -0.478 e. The Balaban J connectivity index is 1.83. The number of hydrogen-bond acceptors (Lipinski definition) is 6. The third-order valence-electron chi connectivity index (χ3n) is 6.21. The molecule has 0 radical (unpaired) electrons. The van der Waals surface area contributed by atoms with Crippen LogP contribution in [0.1, 0.15) is 47.5 Å². The molecule has 1 aromatic heterocycles. The Morgan fingerprint density at radius 1 is 1.08 bits per heavy atom. The molecule has 3 rings (SSSR count).